The fraction of sp³-hybridized carbons (Fsp3) is 0.368. The Morgan fingerprint density at radius 2 is 2.00 bits per heavy atom. The lowest BCUT2D eigenvalue weighted by atomic mass is 9.99. The Hall–Kier alpha value is -3.34. The van der Waals surface area contributed by atoms with Gasteiger partial charge in [0.15, 0.2) is 16.6 Å². The number of thiazole rings is 1. The Balaban J connectivity index is 1.36. The van der Waals surface area contributed by atoms with Crippen LogP contribution in [0.1, 0.15) is 28.8 Å². The molecule has 1 saturated heterocycles. The molecule has 3 aromatic rings. The van der Waals surface area contributed by atoms with Gasteiger partial charge in [0.05, 0.1) is 18.2 Å². The maximum atomic E-state index is 12.5. The van der Waals surface area contributed by atoms with Gasteiger partial charge >= 0.3 is 5.97 Å². The second kappa shape index (κ2) is 8.19. The average molecular weight is 427 g/mol. The zero-order valence-corrected chi connectivity index (χ0v) is 17.6. The summed E-state index contributed by atoms with van der Waals surface area (Å²) in [6, 6.07) is 3.84. The summed E-state index contributed by atoms with van der Waals surface area (Å²) in [6.45, 7) is 6.98. The number of esters is 1. The number of ether oxygens (including phenoxy) is 1. The monoisotopic (exact) mass is 427 g/mol. The largest absolute Gasteiger partial charge is 0.461 e. The Labute approximate surface area is 176 Å². The third kappa shape index (κ3) is 4.01. The molecule has 156 valence electrons. The van der Waals surface area contributed by atoms with E-state index in [9.17, 15) is 9.59 Å². The zero-order valence-electron chi connectivity index (χ0n) is 16.8. The maximum absolute atomic E-state index is 12.5. The van der Waals surface area contributed by atoms with Crippen LogP contribution in [-0.4, -0.2) is 56.3 Å². The zero-order chi connectivity index (χ0) is 21.3. The summed E-state index contributed by atoms with van der Waals surface area (Å²) in [7, 11) is 0. The lowest BCUT2D eigenvalue weighted by molar-refractivity contribution is -0.120. The minimum atomic E-state index is -0.494. The predicted molar refractivity (Wildman–Crippen MR) is 111 cm³/mol. The van der Waals surface area contributed by atoms with Gasteiger partial charge in [0, 0.05) is 30.2 Å². The van der Waals surface area contributed by atoms with Crippen molar-refractivity contribution in [3.63, 3.8) is 0 Å². The second-order valence-electron chi connectivity index (χ2n) is 6.92. The topological polar surface area (TPSA) is 115 Å². The van der Waals surface area contributed by atoms with E-state index in [0.29, 0.717) is 24.0 Å². The van der Waals surface area contributed by atoms with Crippen molar-refractivity contribution in [2.45, 2.75) is 20.8 Å². The van der Waals surface area contributed by atoms with E-state index in [1.165, 1.54) is 17.7 Å². The van der Waals surface area contributed by atoms with E-state index in [4.69, 9.17) is 4.74 Å². The number of anilines is 2. The van der Waals surface area contributed by atoms with Gasteiger partial charge in [0.1, 0.15) is 12.1 Å². The lowest BCUT2D eigenvalue weighted by Gasteiger charge is -2.38. The van der Waals surface area contributed by atoms with Crippen LogP contribution in [0.4, 0.5) is 10.9 Å². The minimum Gasteiger partial charge on any atom is -0.461 e. The highest BCUT2D eigenvalue weighted by molar-refractivity contribution is 7.14. The van der Waals surface area contributed by atoms with Crippen molar-refractivity contribution >= 4 is 34.2 Å². The van der Waals surface area contributed by atoms with Gasteiger partial charge in [0.2, 0.25) is 5.91 Å². The van der Waals surface area contributed by atoms with E-state index >= 15 is 0 Å². The summed E-state index contributed by atoms with van der Waals surface area (Å²) in [5, 5.41) is 9.17. The molecule has 4 heterocycles. The number of hydrogen-bond donors (Lipinski definition) is 1. The summed E-state index contributed by atoms with van der Waals surface area (Å²) in [6.07, 6.45) is 1.50. The molecule has 3 aromatic heterocycles. The van der Waals surface area contributed by atoms with Crippen molar-refractivity contribution in [3.8, 4) is 5.82 Å². The SMILES string of the molecule is CCOC(=O)c1csc(NC(=O)C2CN(c3cc(-n4nc(C)cc4C)ncn3)C2)n1. The molecule has 0 spiro atoms. The highest BCUT2D eigenvalue weighted by Crippen LogP contribution is 2.26. The first kappa shape index (κ1) is 20.0. The maximum Gasteiger partial charge on any atom is 0.357 e. The van der Waals surface area contributed by atoms with Crippen LogP contribution in [0.3, 0.4) is 0 Å². The number of nitrogens with one attached hydrogen (secondary N) is 1. The second-order valence-corrected chi connectivity index (χ2v) is 7.78. The Morgan fingerprint density at radius 3 is 2.70 bits per heavy atom. The van der Waals surface area contributed by atoms with Gasteiger partial charge < -0.3 is 15.0 Å². The molecular weight excluding hydrogens is 406 g/mol. The molecule has 0 saturated carbocycles. The number of rotatable bonds is 6. The fourth-order valence-corrected chi connectivity index (χ4v) is 3.84. The molecule has 10 nitrogen and oxygen atoms in total. The van der Waals surface area contributed by atoms with Gasteiger partial charge in [-0.25, -0.2) is 24.4 Å². The van der Waals surface area contributed by atoms with Gasteiger partial charge in [-0.1, -0.05) is 0 Å². The molecule has 1 aliphatic heterocycles. The van der Waals surface area contributed by atoms with Gasteiger partial charge in [-0.2, -0.15) is 5.10 Å². The minimum absolute atomic E-state index is 0.135. The van der Waals surface area contributed by atoms with Crippen molar-refractivity contribution in [2.75, 3.05) is 29.9 Å². The number of carbonyl (C=O) groups is 2. The third-order valence-electron chi connectivity index (χ3n) is 4.66. The van der Waals surface area contributed by atoms with Crippen LogP contribution >= 0.6 is 11.3 Å². The Morgan fingerprint density at radius 1 is 1.23 bits per heavy atom. The highest BCUT2D eigenvalue weighted by Gasteiger charge is 2.34. The van der Waals surface area contributed by atoms with Crippen LogP contribution in [0, 0.1) is 19.8 Å². The summed E-state index contributed by atoms with van der Waals surface area (Å²) < 4.78 is 6.68. The lowest BCUT2D eigenvalue weighted by Crippen LogP contribution is -2.52. The molecule has 0 unspecified atom stereocenters. The van der Waals surface area contributed by atoms with Crippen molar-refractivity contribution < 1.29 is 14.3 Å². The molecular formula is C19H21N7O3S. The third-order valence-corrected chi connectivity index (χ3v) is 5.42. The van der Waals surface area contributed by atoms with Crippen LogP contribution < -0.4 is 10.2 Å². The molecule has 0 bridgehead atoms. The predicted octanol–water partition coefficient (Wildman–Crippen LogP) is 1.99. The molecule has 0 aromatic carbocycles. The standard InChI is InChI=1S/C19H21N7O3S/c1-4-29-18(28)14-9-30-19(22-14)23-17(27)13-7-25(8-13)15-6-16(21-10-20-15)26-12(3)5-11(2)24-26/h5-6,9-10,13H,4,7-8H2,1-3H3,(H,22,23,27). The van der Waals surface area contributed by atoms with Crippen LogP contribution in [-0.2, 0) is 9.53 Å². The molecule has 0 radical (unpaired) electrons. The molecule has 0 atom stereocenters. The first-order valence-corrected chi connectivity index (χ1v) is 10.4. The molecule has 1 amide bonds. The summed E-state index contributed by atoms with van der Waals surface area (Å²) in [4.78, 5) is 38.9. The normalized spacial score (nSPS) is 13.8. The number of hydrogen-bond acceptors (Lipinski definition) is 9. The molecule has 1 N–H and O–H groups in total. The molecule has 1 fully saturated rings. The fourth-order valence-electron chi connectivity index (χ4n) is 3.16. The van der Waals surface area contributed by atoms with E-state index < -0.39 is 5.97 Å². The molecule has 4 rings (SSSR count). The Bertz CT molecular complexity index is 1090. The van der Waals surface area contributed by atoms with Crippen molar-refractivity contribution in [1.29, 1.82) is 0 Å². The number of carbonyl (C=O) groups excluding carboxylic acids is 2. The van der Waals surface area contributed by atoms with E-state index in [1.54, 1.807) is 17.0 Å². The highest BCUT2D eigenvalue weighted by atomic mass is 32.1. The van der Waals surface area contributed by atoms with Crippen LogP contribution in [0.25, 0.3) is 5.82 Å². The molecule has 11 heteroatoms. The number of aromatic nitrogens is 5. The average Bonchev–Trinajstić information content (AvgIpc) is 3.27. The quantitative estimate of drug-likeness (QED) is 0.594. The smallest absolute Gasteiger partial charge is 0.357 e. The first-order valence-electron chi connectivity index (χ1n) is 9.48. The first-order chi connectivity index (χ1) is 14.4. The summed E-state index contributed by atoms with van der Waals surface area (Å²) in [5.41, 5.74) is 2.11. The Kier molecular flexibility index (Phi) is 5.44. The van der Waals surface area contributed by atoms with Gasteiger partial charge in [-0.05, 0) is 26.8 Å². The van der Waals surface area contributed by atoms with Gasteiger partial charge in [-0.15, -0.1) is 11.3 Å². The van der Waals surface area contributed by atoms with Crippen molar-refractivity contribution in [3.05, 3.63) is 40.9 Å². The van der Waals surface area contributed by atoms with E-state index in [-0.39, 0.29) is 24.1 Å². The molecule has 0 aliphatic carbocycles. The van der Waals surface area contributed by atoms with Crippen LogP contribution in [0.15, 0.2) is 23.8 Å². The van der Waals surface area contributed by atoms with E-state index in [1.807, 2.05) is 30.9 Å². The van der Waals surface area contributed by atoms with E-state index in [2.05, 4.69) is 25.4 Å². The molecule has 1 aliphatic rings. The van der Waals surface area contributed by atoms with E-state index in [0.717, 1.165) is 17.2 Å². The van der Waals surface area contributed by atoms with Crippen molar-refractivity contribution in [1.82, 2.24) is 24.7 Å². The van der Waals surface area contributed by atoms with Crippen LogP contribution in [0.2, 0.25) is 0 Å². The van der Waals surface area contributed by atoms with Crippen molar-refractivity contribution in [2.24, 2.45) is 5.92 Å². The summed E-state index contributed by atoms with van der Waals surface area (Å²) >= 11 is 1.20. The number of amides is 1. The number of aryl methyl sites for hydroxylation is 2. The number of nitrogens with zero attached hydrogens (tertiary/aromatic N) is 6. The summed E-state index contributed by atoms with van der Waals surface area (Å²) in [5.74, 6) is 0.616. The van der Waals surface area contributed by atoms with Gasteiger partial charge in [-0.3, -0.25) is 4.79 Å². The van der Waals surface area contributed by atoms with Crippen LogP contribution in [0.5, 0.6) is 0 Å². The van der Waals surface area contributed by atoms with Gasteiger partial charge in [0.25, 0.3) is 0 Å². The molecule has 30 heavy (non-hydrogen) atoms.